The first-order valence-corrected chi connectivity index (χ1v) is 9.73. The molecule has 0 bridgehead atoms. The number of guanidine groups is 1. The molecule has 2 aromatic carbocycles. The van der Waals surface area contributed by atoms with E-state index in [1.165, 1.54) is 6.07 Å². The summed E-state index contributed by atoms with van der Waals surface area (Å²) in [5, 5.41) is 9.35. The smallest absolute Gasteiger partial charge is 0.227 e. The van der Waals surface area contributed by atoms with Crippen molar-refractivity contribution < 1.29 is 9.18 Å². The molecule has 1 aliphatic rings. The number of anilines is 1. The highest BCUT2D eigenvalue weighted by Gasteiger charge is 2.22. The molecule has 0 aromatic heterocycles. The summed E-state index contributed by atoms with van der Waals surface area (Å²) in [6.07, 6.45) is 4.25. The molecule has 0 spiro atoms. The van der Waals surface area contributed by atoms with Gasteiger partial charge in [0.15, 0.2) is 5.96 Å². The molecule has 1 fully saturated rings. The molecule has 1 saturated carbocycles. The number of aliphatic imine (C=N–C) groups is 1. The van der Waals surface area contributed by atoms with E-state index in [4.69, 9.17) is 0 Å². The molecule has 148 valence electrons. The molecule has 6 heteroatoms. The molecule has 1 aliphatic carbocycles. The highest BCUT2D eigenvalue weighted by molar-refractivity contribution is 5.92. The topological polar surface area (TPSA) is 65.5 Å². The van der Waals surface area contributed by atoms with E-state index in [1.807, 2.05) is 30.3 Å². The number of halogens is 1. The zero-order chi connectivity index (χ0) is 19.8. The lowest BCUT2D eigenvalue weighted by molar-refractivity contribution is -0.119. The van der Waals surface area contributed by atoms with Crippen LogP contribution in [0.3, 0.4) is 0 Å². The van der Waals surface area contributed by atoms with Crippen LogP contribution < -0.4 is 16.0 Å². The van der Waals surface area contributed by atoms with Gasteiger partial charge in [-0.1, -0.05) is 43.2 Å². The van der Waals surface area contributed by atoms with E-state index < -0.39 is 0 Å². The summed E-state index contributed by atoms with van der Waals surface area (Å²) in [6, 6.07) is 14.4. The molecule has 28 heavy (non-hydrogen) atoms. The van der Waals surface area contributed by atoms with Gasteiger partial charge in [-0.3, -0.25) is 9.79 Å². The maximum absolute atomic E-state index is 13.7. The van der Waals surface area contributed by atoms with E-state index in [0.29, 0.717) is 24.6 Å². The number of carbonyl (C=O) groups excluding carboxylic acids is 1. The normalized spacial score (nSPS) is 14.7. The van der Waals surface area contributed by atoms with Crippen molar-refractivity contribution in [3.05, 3.63) is 65.5 Å². The van der Waals surface area contributed by atoms with Crippen LogP contribution in [0.1, 0.15) is 36.8 Å². The summed E-state index contributed by atoms with van der Waals surface area (Å²) in [7, 11) is 1.68. The Balaban J connectivity index is 1.51. The van der Waals surface area contributed by atoms with Crippen LogP contribution in [0.25, 0.3) is 0 Å². The average Bonchev–Trinajstić information content (AvgIpc) is 3.25. The van der Waals surface area contributed by atoms with Crippen LogP contribution in [0.15, 0.2) is 53.5 Å². The number of carbonyl (C=O) groups is 1. The van der Waals surface area contributed by atoms with Gasteiger partial charge in [-0.15, -0.1) is 0 Å². The van der Waals surface area contributed by atoms with E-state index in [0.717, 1.165) is 36.9 Å². The summed E-state index contributed by atoms with van der Waals surface area (Å²) in [4.78, 5) is 16.5. The van der Waals surface area contributed by atoms with Gasteiger partial charge in [0.2, 0.25) is 5.91 Å². The number of amides is 1. The minimum absolute atomic E-state index is 0.116. The number of benzene rings is 2. The lowest BCUT2D eigenvalue weighted by atomic mass is 10.1. The Labute approximate surface area is 165 Å². The number of nitrogens with zero attached hydrogens (tertiary/aromatic N) is 1. The van der Waals surface area contributed by atoms with Gasteiger partial charge in [0.05, 0.1) is 0 Å². The Morgan fingerprint density at radius 3 is 2.57 bits per heavy atom. The van der Waals surface area contributed by atoms with Crippen molar-refractivity contribution in [3.63, 3.8) is 0 Å². The highest BCUT2D eigenvalue weighted by atomic mass is 19.1. The molecule has 3 rings (SSSR count). The van der Waals surface area contributed by atoms with Crippen LogP contribution in [-0.2, 0) is 17.9 Å². The molecule has 0 atom stereocenters. The monoisotopic (exact) mass is 382 g/mol. The quantitative estimate of drug-likeness (QED) is 0.526. The fourth-order valence-electron chi connectivity index (χ4n) is 3.42. The van der Waals surface area contributed by atoms with Gasteiger partial charge in [-0.25, -0.2) is 4.39 Å². The maximum atomic E-state index is 13.7. The predicted molar refractivity (Wildman–Crippen MR) is 110 cm³/mol. The van der Waals surface area contributed by atoms with Crippen molar-refractivity contribution >= 4 is 17.6 Å². The van der Waals surface area contributed by atoms with Crippen molar-refractivity contribution in [3.8, 4) is 0 Å². The molecule has 0 radical (unpaired) electrons. The summed E-state index contributed by atoms with van der Waals surface area (Å²) >= 11 is 0. The van der Waals surface area contributed by atoms with E-state index in [-0.39, 0.29) is 17.6 Å². The molecule has 1 amide bonds. The van der Waals surface area contributed by atoms with E-state index in [1.54, 1.807) is 19.2 Å². The summed E-state index contributed by atoms with van der Waals surface area (Å²) in [5.74, 6) is 0.605. The number of rotatable bonds is 6. The summed E-state index contributed by atoms with van der Waals surface area (Å²) < 4.78 is 13.7. The molecule has 0 saturated heterocycles. The van der Waals surface area contributed by atoms with Crippen molar-refractivity contribution in [1.82, 2.24) is 10.6 Å². The second kappa shape index (κ2) is 9.88. The molecule has 2 aromatic rings. The lowest BCUT2D eigenvalue weighted by Gasteiger charge is -2.14. The third kappa shape index (κ3) is 5.55. The van der Waals surface area contributed by atoms with Crippen molar-refractivity contribution in [2.24, 2.45) is 10.9 Å². The van der Waals surface area contributed by atoms with Crippen molar-refractivity contribution in [2.75, 3.05) is 12.4 Å². The van der Waals surface area contributed by atoms with Crippen LogP contribution >= 0.6 is 0 Å². The van der Waals surface area contributed by atoms with Gasteiger partial charge >= 0.3 is 0 Å². The van der Waals surface area contributed by atoms with Crippen LogP contribution in [0.2, 0.25) is 0 Å². The first-order chi connectivity index (χ1) is 13.7. The number of hydrogen-bond acceptors (Lipinski definition) is 2. The molecular formula is C22H27FN4O. The Bertz CT molecular complexity index is 831. The highest BCUT2D eigenvalue weighted by Crippen LogP contribution is 2.26. The average molecular weight is 382 g/mol. The summed E-state index contributed by atoms with van der Waals surface area (Å²) in [6.45, 7) is 0.897. The lowest BCUT2D eigenvalue weighted by Crippen LogP contribution is -2.36. The molecular weight excluding hydrogens is 355 g/mol. The van der Waals surface area contributed by atoms with Crippen LogP contribution in [0.4, 0.5) is 10.1 Å². The van der Waals surface area contributed by atoms with Crippen LogP contribution in [0, 0.1) is 11.7 Å². The van der Waals surface area contributed by atoms with E-state index >= 15 is 0 Å². The zero-order valence-corrected chi connectivity index (χ0v) is 16.2. The molecule has 3 N–H and O–H groups in total. The maximum Gasteiger partial charge on any atom is 0.227 e. The largest absolute Gasteiger partial charge is 0.352 e. The standard InChI is InChI=1S/C22H27FN4O/c1-24-22(26-15-18-10-4-5-12-20(18)23)25-14-16-7-6-11-19(13-16)27-21(28)17-8-2-3-9-17/h4-7,10-13,17H,2-3,8-9,14-15H2,1H3,(H,27,28)(H2,24,25,26). The first kappa shape index (κ1) is 19.9. The fraction of sp³-hybridized carbons (Fsp3) is 0.364. The van der Waals surface area contributed by atoms with E-state index in [2.05, 4.69) is 20.9 Å². The molecule has 0 heterocycles. The van der Waals surface area contributed by atoms with Gasteiger partial charge in [-0.2, -0.15) is 0 Å². The van der Waals surface area contributed by atoms with Gasteiger partial charge in [-0.05, 0) is 36.6 Å². The van der Waals surface area contributed by atoms with Crippen LogP contribution in [0.5, 0.6) is 0 Å². The molecule has 0 aliphatic heterocycles. The van der Waals surface area contributed by atoms with Crippen molar-refractivity contribution in [1.29, 1.82) is 0 Å². The number of hydrogen-bond donors (Lipinski definition) is 3. The van der Waals surface area contributed by atoms with Crippen molar-refractivity contribution in [2.45, 2.75) is 38.8 Å². The SMILES string of the molecule is CN=C(NCc1cccc(NC(=O)C2CCCC2)c1)NCc1ccccc1F. The Kier molecular flexibility index (Phi) is 7.00. The van der Waals surface area contributed by atoms with Crippen LogP contribution in [-0.4, -0.2) is 18.9 Å². The summed E-state index contributed by atoms with van der Waals surface area (Å²) in [5.41, 5.74) is 2.42. The van der Waals surface area contributed by atoms with E-state index in [9.17, 15) is 9.18 Å². The Morgan fingerprint density at radius 2 is 1.82 bits per heavy atom. The third-order valence-electron chi connectivity index (χ3n) is 5.01. The number of nitrogens with one attached hydrogen (secondary N) is 3. The fourth-order valence-corrected chi connectivity index (χ4v) is 3.42. The second-order valence-electron chi connectivity index (χ2n) is 7.04. The van der Waals surface area contributed by atoms with Gasteiger partial charge in [0.25, 0.3) is 0 Å². The molecule has 0 unspecified atom stereocenters. The Hall–Kier alpha value is -2.89. The Morgan fingerprint density at radius 1 is 1.07 bits per heavy atom. The zero-order valence-electron chi connectivity index (χ0n) is 16.2. The molecule has 5 nitrogen and oxygen atoms in total. The van der Waals surface area contributed by atoms with Gasteiger partial charge in [0.1, 0.15) is 5.82 Å². The minimum atomic E-state index is -0.240. The predicted octanol–water partition coefficient (Wildman–Crippen LogP) is 3.82. The first-order valence-electron chi connectivity index (χ1n) is 9.73. The minimum Gasteiger partial charge on any atom is -0.352 e. The van der Waals surface area contributed by atoms with Gasteiger partial charge in [0, 0.05) is 37.3 Å². The third-order valence-corrected chi connectivity index (χ3v) is 5.01. The second-order valence-corrected chi connectivity index (χ2v) is 7.04. The van der Waals surface area contributed by atoms with Gasteiger partial charge < -0.3 is 16.0 Å².